The highest BCUT2D eigenvalue weighted by Gasteiger charge is 2.36. The molecule has 0 spiro atoms. The zero-order valence-electron chi connectivity index (χ0n) is 13.0. The molecular formula is C14H25N3O2S2. The second-order valence-corrected chi connectivity index (χ2v) is 8.24. The van der Waals surface area contributed by atoms with Gasteiger partial charge in [-0.3, -0.25) is 4.90 Å². The van der Waals surface area contributed by atoms with Crippen LogP contribution in [-0.2, 0) is 16.6 Å². The molecule has 7 heteroatoms. The second kappa shape index (κ2) is 6.75. The lowest BCUT2D eigenvalue weighted by atomic mass is 10.2. The zero-order chi connectivity index (χ0) is 15.6. The number of rotatable bonds is 6. The summed E-state index contributed by atoms with van der Waals surface area (Å²) in [4.78, 5) is 3.54. The number of nitrogens with two attached hydrogens (primary N) is 1. The minimum absolute atomic E-state index is 0.278. The minimum atomic E-state index is -3.41. The third-order valence-corrected chi connectivity index (χ3v) is 7.58. The van der Waals surface area contributed by atoms with Gasteiger partial charge in [0.25, 0.3) is 0 Å². The highest BCUT2D eigenvalue weighted by atomic mass is 32.2. The number of thiophene rings is 1. The summed E-state index contributed by atoms with van der Waals surface area (Å²) in [5, 5.41) is 1.88. The summed E-state index contributed by atoms with van der Waals surface area (Å²) >= 11 is 1.44. The number of hydrogen-bond donors (Lipinski definition) is 1. The molecule has 0 bridgehead atoms. The smallest absolute Gasteiger partial charge is 0.244 e. The summed E-state index contributed by atoms with van der Waals surface area (Å²) in [7, 11) is -3.41. The first-order chi connectivity index (χ1) is 9.95. The van der Waals surface area contributed by atoms with E-state index in [0.29, 0.717) is 24.0 Å². The molecule has 2 N–H and O–H groups in total. The molecule has 1 saturated heterocycles. The standard InChI is InChI=1S/C14H25N3O2S2/c1-4-16(5-2)12-6-7-17(9-12)21(18,19)14-11(3)10-20-13(14)8-15/h10,12H,4-9,15H2,1-3H3. The van der Waals surface area contributed by atoms with Gasteiger partial charge in [-0.15, -0.1) is 11.3 Å². The van der Waals surface area contributed by atoms with Crippen LogP contribution in [0.15, 0.2) is 10.3 Å². The van der Waals surface area contributed by atoms with E-state index in [9.17, 15) is 8.42 Å². The first-order valence-electron chi connectivity index (χ1n) is 7.46. The van der Waals surface area contributed by atoms with E-state index >= 15 is 0 Å². The number of nitrogens with zero attached hydrogens (tertiary/aromatic N) is 2. The van der Waals surface area contributed by atoms with E-state index in [1.165, 1.54) is 11.3 Å². The van der Waals surface area contributed by atoms with E-state index in [4.69, 9.17) is 5.73 Å². The van der Waals surface area contributed by atoms with Crippen LogP contribution in [-0.4, -0.2) is 49.8 Å². The molecule has 1 aromatic heterocycles. The van der Waals surface area contributed by atoms with E-state index in [-0.39, 0.29) is 6.54 Å². The Bertz CT molecular complexity index is 579. The Balaban J connectivity index is 2.24. The summed E-state index contributed by atoms with van der Waals surface area (Å²) in [6, 6.07) is 0.329. The maximum Gasteiger partial charge on any atom is 0.244 e. The van der Waals surface area contributed by atoms with Crippen molar-refractivity contribution in [2.75, 3.05) is 26.2 Å². The Morgan fingerprint density at radius 3 is 2.67 bits per heavy atom. The van der Waals surface area contributed by atoms with Crippen LogP contribution >= 0.6 is 11.3 Å². The summed E-state index contributed by atoms with van der Waals surface area (Å²) in [6.07, 6.45) is 0.905. The van der Waals surface area contributed by atoms with E-state index in [1.807, 2.05) is 12.3 Å². The summed E-state index contributed by atoms with van der Waals surface area (Å²) in [5.41, 5.74) is 6.51. The number of sulfonamides is 1. The molecule has 2 rings (SSSR count). The molecule has 0 amide bonds. The maximum absolute atomic E-state index is 12.9. The average molecular weight is 332 g/mol. The fourth-order valence-electron chi connectivity index (χ4n) is 3.07. The van der Waals surface area contributed by atoms with Gasteiger partial charge in [0, 0.05) is 30.6 Å². The molecule has 0 aliphatic carbocycles. The SMILES string of the molecule is CCN(CC)C1CCN(S(=O)(=O)c2c(C)csc2CN)C1. The summed E-state index contributed by atoms with van der Waals surface area (Å²) in [5.74, 6) is 0. The van der Waals surface area contributed by atoms with Crippen molar-refractivity contribution in [2.45, 2.75) is 44.7 Å². The predicted molar refractivity (Wildman–Crippen MR) is 87.0 cm³/mol. The van der Waals surface area contributed by atoms with Gasteiger partial charge in [-0.1, -0.05) is 13.8 Å². The van der Waals surface area contributed by atoms with Crippen molar-refractivity contribution >= 4 is 21.4 Å². The second-order valence-electron chi connectivity index (χ2n) is 5.40. The van der Waals surface area contributed by atoms with Crippen molar-refractivity contribution in [1.29, 1.82) is 0 Å². The molecule has 0 aromatic carbocycles. The predicted octanol–water partition coefficient (Wildman–Crippen LogP) is 1.62. The minimum Gasteiger partial charge on any atom is -0.326 e. The number of hydrogen-bond acceptors (Lipinski definition) is 5. The molecule has 1 aliphatic heterocycles. The number of likely N-dealkylation sites (N-methyl/N-ethyl adjacent to an activating group) is 1. The molecule has 120 valence electrons. The van der Waals surface area contributed by atoms with E-state index in [2.05, 4.69) is 18.7 Å². The third-order valence-electron chi connectivity index (χ3n) is 4.23. The van der Waals surface area contributed by atoms with Crippen LogP contribution in [0.1, 0.15) is 30.7 Å². The van der Waals surface area contributed by atoms with Gasteiger partial charge in [-0.25, -0.2) is 8.42 Å². The summed E-state index contributed by atoms with van der Waals surface area (Å²) < 4.78 is 27.4. The van der Waals surface area contributed by atoms with E-state index in [1.54, 1.807) is 4.31 Å². The zero-order valence-corrected chi connectivity index (χ0v) is 14.6. The van der Waals surface area contributed by atoms with Crippen LogP contribution in [0.4, 0.5) is 0 Å². The molecule has 5 nitrogen and oxygen atoms in total. The van der Waals surface area contributed by atoms with Crippen LogP contribution < -0.4 is 5.73 Å². The van der Waals surface area contributed by atoms with Gasteiger partial charge in [-0.05, 0) is 37.4 Å². The molecular weight excluding hydrogens is 306 g/mol. The van der Waals surface area contributed by atoms with Crippen molar-refractivity contribution in [3.63, 3.8) is 0 Å². The van der Waals surface area contributed by atoms with Crippen molar-refractivity contribution in [3.05, 3.63) is 15.8 Å². The Hall–Kier alpha value is -0.470. The van der Waals surface area contributed by atoms with Gasteiger partial charge < -0.3 is 5.73 Å². The van der Waals surface area contributed by atoms with Crippen LogP contribution in [0.3, 0.4) is 0 Å². The van der Waals surface area contributed by atoms with Gasteiger partial charge in [0.1, 0.15) is 4.90 Å². The van der Waals surface area contributed by atoms with Crippen molar-refractivity contribution in [3.8, 4) is 0 Å². The van der Waals surface area contributed by atoms with Gasteiger partial charge >= 0.3 is 0 Å². The van der Waals surface area contributed by atoms with Crippen LogP contribution in [0, 0.1) is 6.92 Å². The molecule has 0 radical (unpaired) electrons. The third kappa shape index (κ3) is 3.17. The Morgan fingerprint density at radius 2 is 2.10 bits per heavy atom. The summed E-state index contributed by atoms with van der Waals surface area (Å²) in [6.45, 7) is 9.47. The monoisotopic (exact) mass is 331 g/mol. The van der Waals surface area contributed by atoms with E-state index < -0.39 is 10.0 Å². The first kappa shape index (κ1) is 16.9. The van der Waals surface area contributed by atoms with Gasteiger partial charge in [0.2, 0.25) is 10.0 Å². The topological polar surface area (TPSA) is 66.6 Å². The highest BCUT2D eigenvalue weighted by molar-refractivity contribution is 7.89. The molecule has 1 atom stereocenters. The first-order valence-corrected chi connectivity index (χ1v) is 9.78. The lowest BCUT2D eigenvalue weighted by Crippen LogP contribution is -2.38. The Labute approximate surface area is 131 Å². The average Bonchev–Trinajstić information content (AvgIpc) is 3.07. The van der Waals surface area contributed by atoms with Crippen LogP contribution in [0.25, 0.3) is 0 Å². The molecule has 1 aliphatic rings. The van der Waals surface area contributed by atoms with Gasteiger partial charge in [0.15, 0.2) is 0 Å². The quantitative estimate of drug-likeness (QED) is 0.860. The fourth-order valence-corrected chi connectivity index (χ4v) is 6.22. The normalized spacial score (nSPS) is 20.5. The van der Waals surface area contributed by atoms with Crippen molar-refractivity contribution in [2.24, 2.45) is 5.73 Å². The Morgan fingerprint density at radius 1 is 1.43 bits per heavy atom. The fraction of sp³-hybridized carbons (Fsp3) is 0.714. The van der Waals surface area contributed by atoms with Crippen LogP contribution in [0.2, 0.25) is 0 Å². The lowest BCUT2D eigenvalue weighted by molar-refractivity contribution is 0.224. The molecule has 1 unspecified atom stereocenters. The van der Waals surface area contributed by atoms with E-state index in [0.717, 1.165) is 30.0 Å². The molecule has 1 fully saturated rings. The number of aryl methyl sites for hydroxylation is 1. The van der Waals surface area contributed by atoms with Gasteiger partial charge in [0.05, 0.1) is 0 Å². The van der Waals surface area contributed by atoms with Gasteiger partial charge in [-0.2, -0.15) is 4.31 Å². The largest absolute Gasteiger partial charge is 0.326 e. The van der Waals surface area contributed by atoms with Crippen molar-refractivity contribution < 1.29 is 8.42 Å². The molecule has 21 heavy (non-hydrogen) atoms. The van der Waals surface area contributed by atoms with Crippen molar-refractivity contribution in [1.82, 2.24) is 9.21 Å². The lowest BCUT2D eigenvalue weighted by Gasteiger charge is -2.26. The maximum atomic E-state index is 12.9. The van der Waals surface area contributed by atoms with Crippen LogP contribution in [0.5, 0.6) is 0 Å². The molecule has 0 saturated carbocycles. The molecule has 2 heterocycles. The Kier molecular flexibility index (Phi) is 5.43. The molecule has 1 aromatic rings. The highest BCUT2D eigenvalue weighted by Crippen LogP contribution is 2.31.